The molecule has 1 aliphatic rings. The Morgan fingerprint density at radius 3 is 2.83 bits per heavy atom. The number of nitrogens with zero attached hydrogens (tertiary/aromatic N) is 1. The van der Waals surface area contributed by atoms with E-state index in [1.54, 1.807) is 19.2 Å². The molecule has 23 heavy (non-hydrogen) atoms. The Labute approximate surface area is 135 Å². The second-order valence-corrected chi connectivity index (χ2v) is 5.63. The van der Waals surface area contributed by atoms with Gasteiger partial charge in [0, 0.05) is 24.3 Å². The summed E-state index contributed by atoms with van der Waals surface area (Å²) in [5, 5.41) is 3.13. The first-order valence-electron chi connectivity index (χ1n) is 7.73. The molecule has 0 fully saturated rings. The van der Waals surface area contributed by atoms with E-state index in [1.165, 1.54) is 4.90 Å². The normalized spacial score (nSPS) is 16.9. The highest BCUT2D eigenvalue weighted by Gasteiger charge is 2.36. The van der Waals surface area contributed by atoms with Gasteiger partial charge in [0.25, 0.3) is 5.91 Å². The fraction of sp³-hybridized carbons (Fsp3) is 0.471. The first-order valence-corrected chi connectivity index (χ1v) is 7.73. The van der Waals surface area contributed by atoms with E-state index in [-0.39, 0.29) is 12.6 Å². The van der Waals surface area contributed by atoms with Gasteiger partial charge in [-0.3, -0.25) is 9.59 Å². The van der Waals surface area contributed by atoms with Crippen molar-refractivity contribution in [2.45, 2.75) is 32.2 Å². The molecule has 2 rings (SSSR count). The second-order valence-electron chi connectivity index (χ2n) is 5.63. The summed E-state index contributed by atoms with van der Waals surface area (Å²) in [4.78, 5) is 37.3. The minimum absolute atomic E-state index is 0.0603. The molecule has 0 aromatic heterocycles. The quantitative estimate of drug-likeness (QED) is 0.610. The van der Waals surface area contributed by atoms with Gasteiger partial charge >= 0.3 is 0 Å². The smallest absolute Gasteiger partial charge is 0.291 e. The average Bonchev–Trinajstić information content (AvgIpc) is 3.00. The summed E-state index contributed by atoms with van der Waals surface area (Å²) in [5.41, 5.74) is 1.60. The molecule has 0 saturated carbocycles. The van der Waals surface area contributed by atoms with E-state index in [2.05, 4.69) is 5.32 Å². The topological polar surface area (TPSA) is 75.7 Å². The molecule has 0 spiro atoms. The highest BCUT2D eigenvalue weighted by molar-refractivity contribution is 6.38. The number of rotatable bonds is 7. The molecular formula is C17H22N2O4. The Hall–Kier alpha value is -2.37. The lowest BCUT2D eigenvalue weighted by atomic mass is 9.95. The molecule has 1 N–H and O–H groups in total. The largest absolute Gasteiger partial charge is 0.497 e. The van der Waals surface area contributed by atoms with Crippen LogP contribution in [0.4, 0.5) is 5.69 Å². The number of ketones is 1. The van der Waals surface area contributed by atoms with Gasteiger partial charge in [0.05, 0.1) is 19.6 Å². The SMILES string of the molecule is CCC(C)N(CC=O)C(=O)C(=O)C1CNc2cc(OC)ccc21. The molecule has 1 aliphatic heterocycles. The van der Waals surface area contributed by atoms with Crippen molar-refractivity contribution in [3.8, 4) is 5.75 Å². The molecule has 6 nitrogen and oxygen atoms in total. The van der Waals surface area contributed by atoms with E-state index in [4.69, 9.17) is 4.74 Å². The number of aldehydes is 1. The highest BCUT2D eigenvalue weighted by atomic mass is 16.5. The van der Waals surface area contributed by atoms with E-state index in [0.29, 0.717) is 25.0 Å². The van der Waals surface area contributed by atoms with Gasteiger partial charge in [-0.1, -0.05) is 13.0 Å². The molecule has 1 heterocycles. The maximum Gasteiger partial charge on any atom is 0.291 e. The van der Waals surface area contributed by atoms with Crippen LogP contribution < -0.4 is 10.1 Å². The molecular weight excluding hydrogens is 296 g/mol. The third kappa shape index (κ3) is 3.36. The van der Waals surface area contributed by atoms with Crippen molar-refractivity contribution in [1.29, 1.82) is 0 Å². The Kier molecular flexibility index (Phi) is 5.36. The van der Waals surface area contributed by atoms with Gasteiger partial charge in [0.15, 0.2) is 0 Å². The average molecular weight is 318 g/mol. The van der Waals surface area contributed by atoms with Crippen LogP contribution in [0.5, 0.6) is 5.75 Å². The first kappa shape index (κ1) is 17.0. The van der Waals surface area contributed by atoms with E-state index < -0.39 is 17.6 Å². The van der Waals surface area contributed by atoms with Crippen molar-refractivity contribution in [2.75, 3.05) is 25.5 Å². The van der Waals surface area contributed by atoms with Gasteiger partial charge in [-0.15, -0.1) is 0 Å². The number of hydrogen-bond donors (Lipinski definition) is 1. The van der Waals surface area contributed by atoms with Crippen LogP contribution in [-0.4, -0.2) is 49.1 Å². The molecule has 0 bridgehead atoms. The van der Waals surface area contributed by atoms with E-state index in [1.807, 2.05) is 19.9 Å². The van der Waals surface area contributed by atoms with Crippen molar-refractivity contribution >= 4 is 23.7 Å². The van der Waals surface area contributed by atoms with Crippen molar-refractivity contribution in [2.24, 2.45) is 0 Å². The van der Waals surface area contributed by atoms with Crippen LogP contribution in [0.2, 0.25) is 0 Å². The van der Waals surface area contributed by atoms with Crippen molar-refractivity contribution in [3.05, 3.63) is 23.8 Å². The van der Waals surface area contributed by atoms with Crippen LogP contribution >= 0.6 is 0 Å². The maximum atomic E-state index is 12.6. The summed E-state index contributed by atoms with van der Waals surface area (Å²) in [6.45, 7) is 4.07. The second kappa shape index (κ2) is 7.26. The number of carbonyl (C=O) groups is 3. The lowest BCUT2D eigenvalue weighted by molar-refractivity contribution is -0.147. The molecule has 1 amide bonds. The zero-order valence-electron chi connectivity index (χ0n) is 13.7. The number of amides is 1. The molecule has 0 aliphatic carbocycles. The molecule has 1 aromatic rings. The molecule has 0 radical (unpaired) electrons. The van der Waals surface area contributed by atoms with Gasteiger partial charge in [0.1, 0.15) is 12.0 Å². The lowest BCUT2D eigenvalue weighted by Crippen LogP contribution is -2.45. The van der Waals surface area contributed by atoms with Crippen LogP contribution in [0.3, 0.4) is 0 Å². The third-order valence-corrected chi connectivity index (χ3v) is 4.31. The molecule has 6 heteroatoms. The Morgan fingerprint density at radius 2 is 2.22 bits per heavy atom. The Bertz CT molecular complexity index is 615. The Morgan fingerprint density at radius 1 is 1.48 bits per heavy atom. The van der Waals surface area contributed by atoms with Crippen LogP contribution in [0, 0.1) is 0 Å². The summed E-state index contributed by atoms with van der Waals surface area (Å²) in [6, 6.07) is 5.23. The number of benzene rings is 1. The standard InChI is InChI=1S/C17H22N2O4/c1-4-11(2)19(7-8-20)17(22)16(21)14-10-18-15-9-12(23-3)5-6-13(14)15/h5-6,8-9,11,14,18H,4,7,10H2,1-3H3. The summed E-state index contributed by atoms with van der Waals surface area (Å²) in [7, 11) is 1.58. The van der Waals surface area contributed by atoms with Gasteiger partial charge in [0.2, 0.25) is 5.78 Å². The van der Waals surface area contributed by atoms with Crippen LogP contribution in [0.25, 0.3) is 0 Å². The first-order chi connectivity index (χ1) is 11.0. The number of hydrogen-bond acceptors (Lipinski definition) is 5. The minimum atomic E-state index is -0.595. The van der Waals surface area contributed by atoms with Crippen molar-refractivity contribution in [3.63, 3.8) is 0 Å². The number of fused-ring (bicyclic) bond motifs is 1. The number of nitrogens with one attached hydrogen (secondary N) is 1. The summed E-state index contributed by atoms with van der Waals surface area (Å²) in [6.07, 6.45) is 1.34. The van der Waals surface area contributed by atoms with E-state index in [9.17, 15) is 14.4 Å². The van der Waals surface area contributed by atoms with Gasteiger partial charge in [-0.25, -0.2) is 0 Å². The zero-order chi connectivity index (χ0) is 17.0. The van der Waals surface area contributed by atoms with E-state index >= 15 is 0 Å². The molecule has 2 unspecified atom stereocenters. The number of ether oxygens (including phenoxy) is 1. The fourth-order valence-corrected chi connectivity index (χ4v) is 2.73. The number of anilines is 1. The number of carbonyl (C=O) groups excluding carboxylic acids is 3. The van der Waals surface area contributed by atoms with Crippen molar-refractivity contribution < 1.29 is 19.1 Å². The molecule has 124 valence electrons. The summed E-state index contributed by atoms with van der Waals surface area (Å²) >= 11 is 0. The summed E-state index contributed by atoms with van der Waals surface area (Å²) < 4.78 is 5.16. The van der Waals surface area contributed by atoms with Gasteiger partial charge in [-0.2, -0.15) is 0 Å². The highest BCUT2D eigenvalue weighted by Crippen LogP contribution is 2.35. The molecule has 1 aromatic carbocycles. The Balaban J connectivity index is 2.21. The maximum absolute atomic E-state index is 12.6. The van der Waals surface area contributed by atoms with Gasteiger partial charge < -0.3 is 19.7 Å². The van der Waals surface area contributed by atoms with Crippen LogP contribution in [0.15, 0.2) is 18.2 Å². The minimum Gasteiger partial charge on any atom is -0.497 e. The van der Waals surface area contributed by atoms with Gasteiger partial charge in [-0.05, 0) is 25.0 Å². The van der Waals surface area contributed by atoms with Crippen LogP contribution in [0.1, 0.15) is 31.7 Å². The lowest BCUT2D eigenvalue weighted by Gasteiger charge is -2.26. The molecule has 2 atom stereocenters. The van der Waals surface area contributed by atoms with Crippen LogP contribution in [-0.2, 0) is 14.4 Å². The number of Topliss-reactive ketones (excluding diaryl/α,β-unsaturated/α-hetero) is 1. The number of methoxy groups -OCH3 is 1. The van der Waals surface area contributed by atoms with E-state index in [0.717, 1.165) is 11.3 Å². The summed E-state index contributed by atoms with van der Waals surface area (Å²) in [5.74, 6) is -0.912. The zero-order valence-corrected chi connectivity index (χ0v) is 13.7. The van der Waals surface area contributed by atoms with Crippen molar-refractivity contribution in [1.82, 2.24) is 4.90 Å². The third-order valence-electron chi connectivity index (χ3n) is 4.31. The fourth-order valence-electron chi connectivity index (χ4n) is 2.73. The monoisotopic (exact) mass is 318 g/mol. The predicted octanol–water partition coefficient (Wildman–Crippen LogP) is 1.60. The predicted molar refractivity (Wildman–Crippen MR) is 86.8 cm³/mol. The molecule has 0 saturated heterocycles.